The van der Waals surface area contributed by atoms with Crippen molar-refractivity contribution in [2.75, 3.05) is 5.32 Å². The monoisotopic (exact) mass is 324 g/mol. The fourth-order valence-electron chi connectivity index (χ4n) is 2.81. The van der Waals surface area contributed by atoms with Gasteiger partial charge in [-0.2, -0.15) is 0 Å². The summed E-state index contributed by atoms with van der Waals surface area (Å²) in [5, 5.41) is 3.07. The molecule has 1 aromatic rings. The van der Waals surface area contributed by atoms with Crippen LogP contribution in [0.4, 0.5) is 5.69 Å². The van der Waals surface area contributed by atoms with Crippen molar-refractivity contribution < 1.29 is 4.79 Å². The molecule has 1 amide bonds. The molecule has 4 heteroatoms. The molecule has 0 bridgehead atoms. The van der Waals surface area contributed by atoms with Crippen LogP contribution in [0.3, 0.4) is 0 Å². The summed E-state index contributed by atoms with van der Waals surface area (Å²) in [6.07, 6.45) is 4.10. The van der Waals surface area contributed by atoms with E-state index in [0.717, 1.165) is 47.0 Å². The van der Waals surface area contributed by atoms with E-state index in [2.05, 4.69) is 21.2 Å². The molecule has 0 aliphatic heterocycles. The highest BCUT2D eigenvalue weighted by Gasteiger charge is 2.28. The van der Waals surface area contributed by atoms with Crippen molar-refractivity contribution in [2.45, 2.75) is 45.6 Å². The Bertz CT molecular complexity index is 464. The van der Waals surface area contributed by atoms with Crippen LogP contribution in [0.1, 0.15) is 36.8 Å². The Balaban J connectivity index is 2.14. The number of amides is 1. The standard InChI is InChI=1S/C15H21BrN2O/c1-9-7-11(16)8-10(2)14(9)18-15(19)12-5-3-4-6-13(12)17/h7-8,12-13H,3-6,17H2,1-2H3,(H,18,19). The van der Waals surface area contributed by atoms with Gasteiger partial charge in [0.1, 0.15) is 0 Å². The minimum Gasteiger partial charge on any atom is -0.327 e. The number of hydrogen-bond acceptors (Lipinski definition) is 2. The predicted molar refractivity (Wildman–Crippen MR) is 82.2 cm³/mol. The van der Waals surface area contributed by atoms with Crippen molar-refractivity contribution in [3.63, 3.8) is 0 Å². The molecule has 1 aromatic carbocycles. The lowest BCUT2D eigenvalue weighted by atomic mass is 9.84. The van der Waals surface area contributed by atoms with Gasteiger partial charge in [0.2, 0.25) is 5.91 Å². The highest BCUT2D eigenvalue weighted by molar-refractivity contribution is 9.10. The van der Waals surface area contributed by atoms with Crippen molar-refractivity contribution in [1.82, 2.24) is 0 Å². The number of nitrogens with one attached hydrogen (secondary N) is 1. The normalized spacial score (nSPS) is 23.2. The highest BCUT2D eigenvalue weighted by atomic mass is 79.9. The van der Waals surface area contributed by atoms with Crippen LogP contribution in [0.25, 0.3) is 0 Å². The maximum Gasteiger partial charge on any atom is 0.229 e. The SMILES string of the molecule is Cc1cc(Br)cc(C)c1NC(=O)C1CCCCC1N. The number of benzene rings is 1. The van der Waals surface area contributed by atoms with E-state index >= 15 is 0 Å². The van der Waals surface area contributed by atoms with Gasteiger partial charge in [0, 0.05) is 16.2 Å². The fourth-order valence-corrected chi connectivity index (χ4v) is 3.50. The lowest BCUT2D eigenvalue weighted by molar-refractivity contribution is -0.121. The fraction of sp³-hybridized carbons (Fsp3) is 0.533. The smallest absolute Gasteiger partial charge is 0.229 e. The second kappa shape index (κ2) is 6.06. The third kappa shape index (κ3) is 3.37. The first-order valence-electron chi connectivity index (χ1n) is 6.82. The Hall–Kier alpha value is -0.870. The number of aryl methyl sites for hydroxylation is 2. The summed E-state index contributed by atoms with van der Waals surface area (Å²) in [6.45, 7) is 4.02. The molecule has 2 rings (SSSR count). The molecule has 0 spiro atoms. The van der Waals surface area contributed by atoms with E-state index in [-0.39, 0.29) is 17.9 Å². The summed E-state index contributed by atoms with van der Waals surface area (Å²) in [7, 11) is 0. The maximum absolute atomic E-state index is 12.4. The number of carbonyl (C=O) groups excluding carboxylic acids is 1. The number of anilines is 1. The highest BCUT2D eigenvalue weighted by Crippen LogP contribution is 2.28. The Morgan fingerprint density at radius 3 is 2.42 bits per heavy atom. The van der Waals surface area contributed by atoms with E-state index < -0.39 is 0 Å². The molecular formula is C15H21BrN2O. The van der Waals surface area contributed by atoms with E-state index in [1.165, 1.54) is 0 Å². The predicted octanol–water partition coefficient (Wildman–Crippen LogP) is 3.52. The third-order valence-corrected chi connectivity index (χ3v) is 4.36. The summed E-state index contributed by atoms with van der Waals surface area (Å²) in [4.78, 5) is 12.4. The molecule has 1 aliphatic carbocycles. The number of rotatable bonds is 2. The second-order valence-electron chi connectivity index (χ2n) is 5.46. The summed E-state index contributed by atoms with van der Waals surface area (Å²) >= 11 is 3.47. The van der Waals surface area contributed by atoms with Crippen molar-refractivity contribution in [3.05, 3.63) is 27.7 Å². The zero-order valence-electron chi connectivity index (χ0n) is 11.5. The zero-order valence-corrected chi connectivity index (χ0v) is 13.1. The molecule has 0 heterocycles. The number of hydrogen-bond donors (Lipinski definition) is 2. The minimum atomic E-state index is -0.0452. The van der Waals surface area contributed by atoms with Gasteiger partial charge in [-0.3, -0.25) is 4.79 Å². The topological polar surface area (TPSA) is 55.1 Å². The quantitative estimate of drug-likeness (QED) is 0.874. The van der Waals surface area contributed by atoms with Gasteiger partial charge in [0.15, 0.2) is 0 Å². The molecule has 2 atom stereocenters. The molecule has 0 radical (unpaired) electrons. The van der Waals surface area contributed by atoms with Crippen LogP contribution in [0, 0.1) is 19.8 Å². The van der Waals surface area contributed by atoms with Crippen LogP contribution in [-0.2, 0) is 4.79 Å². The van der Waals surface area contributed by atoms with Gasteiger partial charge in [-0.1, -0.05) is 28.8 Å². The van der Waals surface area contributed by atoms with E-state index in [1.54, 1.807) is 0 Å². The molecule has 3 N–H and O–H groups in total. The number of nitrogens with two attached hydrogens (primary N) is 1. The van der Waals surface area contributed by atoms with Crippen LogP contribution in [0.15, 0.2) is 16.6 Å². The van der Waals surface area contributed by atoms with Crippen molar-refractivity contribution >= 4 is 27.5 Å². The summed E-state index contributed by atoms with van der Waals surface area (Å²) in [5.41, 5.74) is 9.14. The number of halogens is 1. The maximum atomic E-state index is 12.4. The third-order valence-electron chi connectivity index (χ3n) is 3.90. The second-order valence-corrected chi connectivity index (χ2v) is 6.37. The lowest BCUT2D eigenvalue weighted by Gasteiger charge is -2.28. The van der Waals surface area contributed by atoms with E-state index in [9.17, 15) is 4.79 Å². The van der Waals surface area contributed by atoms with Crippen LogP contribution >= 0.6 is 15.9 Å². The molecule has 104 valence electrons. The van der Waals surface area contributed by atoms with Crippen molar-refractivity contribution in [1.29, 1.82) is 0 Å². The minimum absolute atomic E-state index is 0.00445. The number of carbonyl (C=O) groups is 1. The van der Waals surface area contributed by atoms with Crippen LogP contribution < -0.4 is 11.1 Å². The average molecular weight is 325 g/mol. The molecular weight excluding hydrogens is 304 g/mol. The van der Waals surface area contributed by atoms with Gasteiger partial charge in [-0.15, -0.1) is 0 Å². The molecule has 1 saturated carbocycles. The first-order valence-corrected chi connectivity index (χ1v) is 7.61. The zero-order chi connectivity index (χ0) is 14.0. The molecule has 2 unspecified atom stereocenters. The lowest BCUT2D eigenvalue weighted by Crippen LogP contribution is -2.40. The Labute approximate surface area is 123 Å². The van der Waals surface area contributed by atoms with Gasteiger partial charge in [-0.05, 0) is 49.9 Å². The molecule has 1 fully saturated rings. The average Bonchev–Trinajstić information content (AvgIpc) is 2.34. The largest absolute Gasteiger partial charge is 0.327 e. The molecule has 3 nitrogen and oxygen atoms in total. The van der Waals surface area contributed by atoms with Crippen LogP contribution in [-0.4, -0.2) is 11.9 Å². The van der Waals surface area contributed by atoms with Gasteiger partial charge < -0.3 is 11.1 Å². The van der Waals surface area contributed by atoms with Gasteiger partial charge >= 0.3 is 0 Å². The summed E-state index contributed by atoms with van der Waals surface area (Å²) < 4.78 is 1.04. The van der Waals surface area contributed by atoms with Crippen molar-refractivity contribution in [3.8, 4) is 0 Å². The Morgan fingerprint density at radius 1 is 1.26 bits per heavy atom. The van der Waals surface area contributed by atoms with E-state index in [0.29, 0.717) is 0 Å². The van der Waals surface area contributed by atoms with Gasteiger partial charge in [-0.25, -0.2) is 0 Å². The summed E-state index contributed by atoms with van der Waals surface area (Å²) in [6, 6.07) is 4.04. The Kier molecular flexibility index (Phi) is 4.63. The van der Waals surface area contributed by atoms with Crippen LogP contribution in [0.5, 0.6) is 0 Å². The molecule has 0 saturated heterocycles. The van der Waals surface area contributed by atoms with Crippen LogP contribution in [0.2, 0.25) is 0 Å². The summed E-state index contributed by atoms with van der Waals surface area (Å²) in [5.74, 6) is 0.0249. The van der Waals surface area contributed by atoms with Gasteiger partial charge in [0.25, 0.3) is 0 Å². The molecule has 0 aromatic heterocycles. The molecule has 1 aliphatic rings. The molecule has 19 heavy (non-hydrogen) atoms. The van der Waals surface area contributed by atoms with E-state index in [4.69, 9.17) is 5.73 Å². The van der Waals surface area contributed by atoms with Gasteiger partial charge in [0.05, 0.1) is 5.92 Å². The van der Waals surface area contributed by atoms with Crippen molar-refractivity contribution in [2.24, 2.45) is 11.7 Å². The Morgan fingerprint density at radius 2 is 1.84 bits per heavy atom. The van der Waals surface area contributed by atoms with E-state index in [1.807, 2.05) is 26.0 Å². The first-order chi connectivity index (χ1) is 8.99. The first kappa shape index (κ1) is 14.5.